The first-order valence-corrected chi connectivity index (χ1v) is 35.3. The SMILES string of the molecule is CC[C@H](C)[C@H](NC(=O)[C@H](CC(C)C)NC(=O)CNC(=O)[C@@H](NC(=O)[C@H](CO)NC(=O)[C@@H](NC(=O)[C@@H](NC(=O)CNC(=O)[C@H](C)NC(=O)[C@H](CCCCN)NC(=O)[C@H](CCC(=O)O)NC(=O)[C@H](CCC(=O)O)NC(=O)[C@H](CCC(N)=O)NC(=O)CN)C(C)C)C(C)C)[C@@H](C)O)C(=O)NCC(=O)NCC(=O)NCC(N)=O. The third-order valence-corrected chi connectivity index (χ3v) is 16.1. The molecule has 0 bridgehead atoms. The van der Waals surface area contributed by atoms with E-state index < -0.39 is 287 Å². The molecular formula is C65H112N20O24. The van der Waals surface area contributed by atoms with Gasteiger partial charge in [0.05, 0.1) is 52.0 Å². The zero-order valence-corrected chi connectivity index (χ0v) is 62.9. The first-order chi connectivity index (χ1) is 50.9. The Morgan fingerprint density at radius 3 is 1.17 bits per heavy atom. The number of unbranched alkanes of at least 4 members (excludes halogenated alkanes) is 1. The summed E-state index contributed by atoms with van der Waals surface area (Å²) in [6.07, 6.45) is -4.50. The van der Waals surface area contributed by atoms with Crippen molar-refractivity contribution >= 4 is 118 Å². The molecule has 0 spiro atoms. The maximum atomic E-state index is 13.9. The van der Waals surface area contributed by atoms with Gasteiger partial charge in [-0.2, -0.15) is 0 Å². The summed E-state index contributed by atoms with van der Waals surface area (Å²) in [4.78, 5) is 259. The fourth-order valence-electron chi connectivity index (χ4n) is 9.76. The van der Waals surface area contributed by atoms with Gasteiger partial charge in [-0.1, -0.05) is 61.8 Å². The van der Waals surface area contributed by atoms with Crippen molar-refractivity contribution in [1.29, 1.82) is 0 Å². The largest absolute Gasteiger partial charge is 0.481 e. The number of carboxylic acids is 2. The average Bonchev–Trinajstić information content (AvgIpc) is 0.861. The third-order valence-electron chi connectivity index (χ3n) is 16.1. The van der Waals surface area contributed by atoms with Crippen molar-refractivity contribution in [2.45, 2.75) is 212 Å². The molecular weight excluding hydrogens is 1440 g/mol. The molecule has 0 aliphatic heterocycles. The highest BCUT2D eigenvalue weighted by Crippen LogP contribution is 2.14. The Bertz CT molecular complexity index is 3170. The van der Waals surface area contributed by atoms with E-state index >= 15 is 0 Å². The van der Waals surface area contributed by atoms with Crippen molar-refractivity contribution in [1.82, 2.24) is 85.1 Å². The number of nitrogens with one attached hydrogen (secondary N) is 16. The van der Waals surface area contributed by atoms with Gasteiger partial charge in [-0.15, -0.1) is 0 Å². The summed E-state index contributed by atoms with van der Waals surface area (Å²) in [6.45, 7) is 10.3. The van der Waals surface area contributed by atoms with Gasteiger partial charge in [-0.25, -0.2) is 0 Å². The van der Waals surface area contributed by atoms with Crippen molar-refractivity contribution < 1.29 is 116 Å². The van der Waals surface area contributed by atoms with Crippen LogP contribution in [-0.4, -0.2) is 264 Å². The standard InChI is InChI=1S/C65H112N20O24/c1-11-33(8)53(62(106)73-26-46(92)71-25-45(91)70-24-43(69)89)84-60(104)40(22-30(2)3)77-47(93)27-74-63(107)54(35(10)87)85-61(105)41(29-86)81-64(108)52(32(6)7)83-65(109)51(31(4)5)82-48(94)28-72-55(99)34(9)75-56(100)36(14-12-13-21-66)78-58(102)38(16-19-49(95)96)80-59(103)39(17-20-50(97)98)79-57(101)37(15-18-42(68)88)76-44(90)23-67/h30-41,51-54,86-87H,11-29,66-67H2,1-10H3,(H2,68,88)(H2,69,89)(H,70,91)(H,71,92)(H,72,99)(H,73,106)(H,74,107)(H,75,100)(H,76,90)(H,77,93)(H,78,102)(H,79,101)(H,80,103)(H,81,108)(H,82,94)(H,83,109)(H,84,104)(H,85,105)(H,95,96)(H,97,98)/t33-,34-,35+,36-,37-,38-,39-,40-,41-,51-,52-,53-,54-/m0/s1. The van der Waals surface area contributed by atoms with E-state index in [-0.39, 0.29) is 38.1 Å². The monoisotopic (exact) mass is 1560 g/mol. The lowest BCUT2D eigenvalue weighted by molar-refractivity contribution is -0.140. The fourth-order valence-corrected chi connectivity index (χ4v) is 9.76. The summed E-state index contributed by atoms with van der Waals surface area (Å²) in [5.74, 6) is -22.4. The molecule has 0 radical (unpaired) electrons. The second-order valence-electron chi connectivity index (χ2n) is 26.7. The minimum absolute atomic E-state index is 0.0199. The van der Waals surface area contributed by atoms with Crippen LogP contribution in [0, 0.1) is 23.7 Å². The van der Waals surface area contributed by atoms with E-state index in [0.717, 1.165) is 6.92 Å². The zero-order valence-electron chi connectivity index (χ0n) is 62.9. The molecule has 0 aromatic carbocycles. The minimum Gasteiger partial charge on any atom is -0.481 e. The van der Waals surface area contributed by atoms with E-state index in [4.69, 9.17) is 22.9 Å². The van der Waals surface area contributed by atoms with E-state index in [9.17, 15) is 116 Å². The zero-order chi connectivity index (χ0) is 83.5. The van der Waals surface area contributed by atoms with Crippen molar-refractivity contribution in [3.05, 3.63) is 0 Å². The predicted octanol–water partition coefficient (Wildman–Crippen LogP) is -10.7. The number of aliphatic hydroxyl groups is 2. The van der Waals surface area contributed by atoms with Gasteiger partial charge in [-0.05, 0) is 89.0 Å². The summed E-state index contributed by atoms with van der Waals surface area (Å²) >= 11 is 0. The fraction of sp³-hybridized carbons (Fsp3) is 0.692. The first kappa shape index (κ1) is 98.2. The van der Waals surface area contributed by atoms with E-state index in [1.54, 1.807) is 27.7 Å². The number of nitrogens with two attached hydrogens (primary N) is 4. The van der Waals surface area contributed by atoms with Gasteiger partial charge >= 0.3 is 11.9 Å². The Labute approximate surface area is 629 Å². The van der Waals surface area contributed by atoms with Crippen LogP contribution in [0.15, 0.2) is 0 Å². The lowest BCUT2D eigenvalue weighted by atomic mass is 9.96. The van der Waals surface area contributed by atoms with E-state index in [2.05, 4.69) is 85.1 Å². The first-order valence-electron chi connectivity index (χ1n) is 35.3. The van der Waals surface area contributed by atoms with Gasteiger partial charge in [0.25, 0.3) is 0 Å². The van der Waals surface area contributed by atoms with Crippen molar-refractivity contribution in [3.63, 3.8) is 0 Å². The van der Waals surface area contributed by atoms with E-state index in [1.165, 1.54) is 34.6 Å². The number of aliphatic carboxylic acids is 2. The highest BCUT2D eigenvalue weighted by molar-refractivity contribution is 6.00. The number of carbonyl (C=O) groups is 20. The van der Waals surface area contributed by atoms with E-state index in [1.807, 2.05) is 0 Å². The topological polar surface area (TPSA) is 719 Å². The maximum Gasteiger partial charge on any atom is 0.303 e. The van der Waals surface area contributed by atoms with E-state index in [0.29, 0.717) is 12.8 Å². The average molecular weight is 1560 g/mol. The molecule has 0 heterocycles. The molecule has 0 saturated heterocycles. The smallest absolute Gasteiger partial charge is 0.303 e. The molecule has 0 aromatic heterocycles. The second-order valence-corrected chi connectivity index (χ2v) is 26.7. The van der Waals surface area contributed by atoms with Crippen LogP contribution in [0.1, 0.15) is 140 Å². The molecule has 0 aliphatic carbocycles. The number of primary amides is 2. The Hall–Kier alpha value is -10.8. The number of amides is 18. The summed E-state index contributed by atoms with van der Waals surface area (Å²) < 4.78 is 0. The van der Waals surface area contributed by atoms with Crippen molar-refractivity contribution in [2.24, 2.45) is 46.6 Å². The summed E-state index contributed by atoms with van der Waals surface area (Å²) in [5.41, 5.74) is 21.2. The highest BCUT2D eigenvalue weighted by atomic mass is 16.4. The van der Waals surface area contributed by atoms with Gasteiger partial charge in [0, 0.05) is 19.3 Å². The van der Waals surface area contributed by atoms with Gasteiger partial charge in [0.2, 0.25) is 106 Å². The Morgan fingerprint density at radius 2 is 0.725 bits per heavy atom. The highest BCUT2D eigenvalue weighted by Gasteiger charge is 2.38. The van der Waals surface area contributed by atoms with Crippen LogP contribution < -0.4 is 108 Å². The van der Waals surface area contributed by atoms with Crippen molar-refractivity contribution in [3.8, 4) is 0 Å². The van der Waals surface area contributed by atoms with Crippen LogP contribution in [0.5, 0.6) is 0 Å². The number of carbonyl (C=O) groups excluding carboxylic acids is 18. The number of rotatable bonds is 54. The lowest BCUT2D eigenvalue weighted by Crippen LogP contribution is -2.62. The van der Waals surface area contributed by atoms with Crippen molar-refractivity contribution in [2.75, 3.05) is 52.4 Å². The molecule has 0 saturated carbocycles. The molecule has 109 heavy (non-hydrogen) atoms. The number of hydrogen-bond donors (Lipinski definition) is 24. The minimum atomic E-state index is -1.85. The van der Waals surface area contributed by atoms with Crippen LogP contribution in [0.25, 0.3) is 0 Å². The van der Waals surface area contributed by atoms with Gasteiger partial charge in [0.15, 0.2) is 0 Å². The molecule has 0 aromatic rings. The van der Waals surface area contributed by atoms with Gasteiger partial charge in [-0.3, -0.25) is 95.9 Å². The predicted molar refractivity (Wildman–Crippen MR) is 383 cm³/mol. The molecule has 616 valence electrons. The summed E-state index contributed by atoms with van der Waals surface area (Å²) in [7, 11) is 0. The number of carboxylic acid groups (broad SMARTS) is 2. The lowest BCUT2D eigenvalue weighted by Gasteiger charge is -2.29. The van der Waals surface area contributed by atoms with Crippen LogP contribution in [0.3, 0.4) is 0 Å². The van der Waals surface area contributed by atoms with Gasteiger partial charge < -0.3 is 128 Å². The molecule has 44 heteroatoms. The molecule has 18 amide bonds. The quantitative estimate of drug-likeness (QED) is 0.0252. The van der Waals surface area contributed by atoms with Crippen LogP contribution in [0.4, 0.5) is 0 Å². The van der Waals surface area contributed by atoms with Crippen LogP contribution >= 0.6 is 0 Å². The third kappa shape index (κ3) is 40.1. The van der Waals surface area contributed by atoms with Crippen LogP contribution in [-0.2, 0) is 95.9 Å². The molecule has 0 rings (SSSR count). The molecule has 0 unspecified atom stereocenters. The summed E-state index contributed by atoms with van der Waals surface area (Å²) in [6, 6.07) is -17.2. The second kappa shape index (κ2) is 51.5. The molecule has 13 atom stereocenters. The maximum absolute atomic E-state index is 13.9. The normalized spacial score (nSPS) is 14.6. The Kier molecular flexibility index (Phi) is 46.4. The molecule has 44 nitrogen and oxygen atoms in total. The number of aliphatic hydroxyl groups excluding tert-OH is 2. The molecule has 28 N–H and O–H groups in total. The molecule has 0 fully saturated rings. The van der Waals surface area contributed by atoms with Crippen LogP contribution in [0.2, 0.25) is 0 Å². The number of hydrogen-bond acceptors (Lipinski definition) is 24. The Morgan fingerprint density at radius 1 is 0.349 bits per heavy atom. The Balaban J connectivity index is 6.17. The van der Waals surface area contributed by atoms with Gasteiger partial charge in [0.1, 0.15) is 66.5 Å². The summed E-state index contributed by atoms with van der Waals surface area (Å²) in [5, 5.41) is 77.1. The molecule has 0 aliphatic rings.